The summed E-state index contributed by atoms with van der Waals surface area (Å²) in [4.78, 5) is 11.5. The van der Waals surface area contributed by atoms with E-state index in [0.717, 1.165) is 0 Å². The van der Waals surface area contributed by atoms with Gasteiger partial charge >= 0.3 is 39.9 Å². The van der Waals surface area contributed by atoms with Crippen LogP contribution in [-0.2, 0) is 36.1 Å². The predicted molar refractivity (Wildman–Crippen MR) is 68.4 cm³/mol. The molecular weight excluding hydrogens is 336 g/mol. The van der Waals surface area contributed by atoms with Crippen LogP contribution in [0.5, 0.6) is 0 Å². The summed E-state index contributed by atoms with van der Waals surface area (Å²) in [6.45, 7) is 19.0. The summed E-state index contributed by atoms with van der Waals surface area (Å²) in [5.74, 6) is -0.325. The number of carbonyl (C=O) groups is 1. The van der Waals surface area contributed by atoms with Gasteiger partial charge in [-0.1, -0.05) is 11.6 Å². The largest absolute Gasteiger partial charge is 0 e. The molecule has 112 valence electrons. The van der Waals surface area contributed by atoms with Gasteiger partial charge in [-0.15, -0.1) is 0 Å². The zero-order chi connectivity index (χ0) is 16.8. The van der Waals surface area contributed by atoms with E-state index in [1.54, 1.807) is 24.3 Å². The maximum absolute atomic E-state index is 11.5. The number of rotatable bonds is 1. The Morgan fingerprint density at radius 1 is 1.00 bits per heavy atom. The van der Waals surface area contributed by atoms with Gasteiger partial charge in [-0.2, -0.15) is 0 Å². The molecule has 0 unspecified atom stereocenters. The molecule has 7 heteroatoms. The van der Waals surface area contributed by atoms with Crippen LogP contribution in [0.3, 0.4) is 0 Å². The Morgan fingerprint density at radius 3 is 1.62 bits per heavy atom. The molecule has 0 saturated heterocycles. The van der Waals surface area contributed by atoms with Gasteiger partial charge < -0.3 is 4.74 Å². The molecule has 0 aliphatic heterocycles. The van der Waals surface area contributed by atoms with Crippen molar-refractivity contribution in [1.29, 1.82) is 0 Å². The van der Waals surface area contributed by atoms with Gasteiger partial charge in [0, 0.05) is 22.4 Å². The van der Waals surface area contributed by atoms with Gasteiger partial charge in [0.2, 0.25) is 0 Å². The molecule has 0 fully saturated rings. The summed E-state index contributed by atoms with van der Waals surface area (Å²) in [6.07, 6.45) is 0. The van der Waals surface area contributed by atoms with Crippen LogP contribution >= 0.6 is 11.6 Å². The average Bonchev–Trinajstić information content (AvgIpc) is 2.44. The van der Waals surface area contributed by atoms with Crippen molar-refractivity contribution < 1.29 is 40.8 Å². The fourth-order valence-electron chi connectivity index (χ4n) is 0.923. The minimum atomic E-state index is -0.462. The zero-order valence-corrected chi connectivity index (χ0v) is 13.7. The summed E-state index contributed by atoms with van der Waals surface area (Å²) >= 11 is 5.70. The SMILES string of the molecule is CC(C)(C)OC(=O)c1ccc(Cl)cc1.[C-]#[O+].[C-]#[O+].[C-]#[O+].[Cr]. The van der Waals surface area contributed by atoms with E-state index < -0.39 is 5.60 Å². The van der Waals surface area contributed by atoms with E-state index in [1.165, 1.54) is 0 Å². The zero-order valence-electron chi connectivity index (χ0n) is 11.6. The van der Waals surface area contributed by atoms with E-state index in [-0.39, 0.29) is 23.3 Å². The Labute approximate surface area is 139 Å². The van der Waals surface area contributed by atoms with Gasteiger partial charge in [-0.3, -0.25) is 0 Å². The van der Waals surface area contributed by atoms with Gasteiger partial charge in [0.15, 0.2) is 0 Å². The molecule has 21 heavy (non-hydrogen) atoms. The van der Waals surface area contributed by atoms with Gasteiger partial charge in [-0.05, 0) is 45.0 Å². The third kappa shape index (κ3) is 16.7. The van der Waals surface area contributed by atoms with Gasteiger partial charge in [0.05, 0.1) is 5.56 Å². The Bertz CT molecular complexity index is 429. The fraction of sp³-hybridized carbons (Fsp3) is 0.286. The molecule has 0 aliphatic carbocycles. The van der Waals surface area contributed by atoms with Gasteiger partial charge in [-0.25, -0.2) is 4.79 Å². The summed E-state index contributed by atoms with van der Waals surface area (Å²) in [5, 5.41) is 0.609. The Hall–Kier alpha value is -1.27. The number of hydrogen-bond donors (Lipinski definition) is 0. The molecule has 0 N–H and O–H groups in total. The van der Waals surface area contributed by atoms with Crippen LogP contribution < -0.4 is 0 Å². The van der Waals surface area contributed by atoms with Gasteiger partial charge in [0.1, 0.15) is 5.60 Å². The molecule has 0 heterocycles. The summed E-state index contributed by atoms with van der Waals surface area (Å²) in [6, 6.07) is 6.63. The van der Waals surface area contributed by atoms with E-state index in [1.807, 2.05) is 20.8 Å². The van der Waals surface area contributed by atoms with E-state index in [9.17, 15) is 4.79 Å². The number of benzene rings is 1. The van der Waals surface area contributed by atoms with Crippen molar-refractivity contribution in [3.05, 3.63) is 54.8 Å². The minimum absolute atomic E-state index is 0. The first-order chi connectivity index (χ1) is 9.38. The number of halogens is 1. The second-order valence-corrected chi connectivity index (χ2v) is 4.45. The van der Waals surface area contributed by atoms with Crippen LogP contribution in [0.15, 0.2) is 24.3 Å². The predicted octanol–water partition coefficient (Wildman–Crippen LogP) is 3.18. The Morgan fingerprint density at radius 2 is 1.33 bits per heavy atom. The maximum atomic E-state index is 11.5. The normalized spacial score (nSPS) is 7.71. The van der Waals surface area contributed by atoms with Crippen LogP contribution in [0.2, 0.25) is 5.02 Å². The van der Waals surface area contributed by atoms with Gasteiger partial charge in [0.25, 0.3) is 0 Å². The molecule has 0 radical (unpaired) electrons. The topological polar surface area (TPSA) is 86.0 Å². The van der Waals surface area contributed by atoms with Crippen molar-refractivity contribution in [2.75, 3.05) is 0 Å². The Kier molecular flexibility index (Phi) is 22.4. The Balaban J connectivity index is -0.000000183. The van der Waals surface area contributed by atoms with E-state index in [0.29, 0.717) is 10.6 Å². The van der Waals surface area contributed by atoms with E-state index in [2.05, 4.69) is 20.0 Å². The summed E-state index contributed by atoms with van der Waals surface area (Å²) in [5.41, 5.74) is 0.0563. The van der Waals surface area contributed by atoms with E-state index in [4.69, 9.17) is 30.3 Å². The molecule has 0 amide bonds. The average molecular weight is 349 g/mol. The molecule has 0 atom stereocenters. The second-order valence-electron chi connectivity index (χ2n) is 4.01. The number of esters is 1. The van der Waals surface area contributed by atoms with Crippen LogP contribution in [0.4, 0.5) is 0 Å². The molecule has 0 aliphatic rings. The smallest absolute Gasteiger partial charge is 0 e. The van der Waals surface area contributed by atoms with E-state index >= 15 is 0 Å². The first-order valence-corrected chi connectivity index (χ1v) is 5.36. The molecule has 0 bridgehead atoms. The van der Waals surface area contributed by atoms with Crippen LogP contribution in [0.25, 0.3) is 0 Å². The van der Waals surface area contributed by atoms with Crippen molar-refractivity contribution in [2.45, 2.75) is 26.4 Å². The number of carbonyl (C=O) groups excluding carboxylic acids is 1. The second kappa shape index (κ2) is 16.8. The van der Waals surface area contributed by atoms with Crippen molar-refractivity contribution in [1.82, 2.24) is 0 Å². The van der Waals surface area contributed by atoms with Crippen molar-refractivity contribution in [3.8, 4) is 0 Å². The van der Waals surface area contributed by atoms with Crippen LogP contribution in [0.1, 0.15) is 31.1 Å². The first-order valence-electron chi connectivity index (χ1n) is 4.99. The summed E-state index contributed by atoms with van der Waals surface area (Å²) < 4.78 is 27.7. The molecule has 0 spiro atoms. The summed E-state index contributed by atoms with van der Waals surface area (Å²) in [7, 11) is 0. The molecule has 5 nitrogen and oxygen atoms in total. The fourth-order valence-corrected chi connectivity index (χ4v) is 1.05. The molecule has 0 saturated carbocycles. The third-order valence-electron chi connectivity index (χ3n) is 1.48. The van der Waals surface area contributed by atoms with Crippen molar-refractivity contribution >= 4 is 17.6 Å². The standard InChI is InChI=1S/C11H13ClO2.3CO.Cr/c1-11(2,3)14-10(13)8-4-6-9(12)7-5-8;3*1-2;/h4-7H,1-3H3;;;;. The first kappa shape index (κ1) is 28.0. The minimum Gasteiger partial charge on any atom is 0 e. The monoisotopic (exact) mass is 348 g/mol. The van der Waals surface area contributed by atoms with Crippen LogP contribution in [-0.4, -0.2) is 11.6 Å². The molecular formula is C14H13ClCrO5. The molecule has 1 aromatic carbocycles. The number of hydrogen-bond acceptors (Lipinski definition) is 2. The van der Waals surface area contributed by atoms with Crippen molar-refractivity contribution in [3.63, 3.8) is 0 Å². The number of ether oxygens (including phenoxy) is 1. The molecule has 0 aromatic heterocycles. The maximum Gasteiger partial charge on any atom is 0 e. The molecule has 1 rings (SSSR count). The van der Waals surface area contributed by atoms with Crippen molar-refractivity contribution in [2.24, 2.45) is 0 Å². The molecule has 1 aromatic rings. The van der Waals surface area contributed by atoms with Crippen LogP contribution in [0, 0.1) is 20.0 Å². The quantitative estimate of drug-likeness (QED) is 0.443. The third-order valence-corrected chi connectivity index (χ3v) is 1.73.